The lowest BCUT2D eigenvalue weighted by Gasteiger charge is -2.30. The van der Waals surface area contributed by atoms with Gasteiger partial charge >= 0.3 is 11.9 Å². The summed E-state index contributed by atoms with van der Waals surface area (Å²) in [6.07, 6.45) is 1.05. The third kappa shape index (κ3) is 7.08. The second-order valence-electron chi connectivity index (χ2n) is 7.95. The summed E-state index contributed by atoms with van der Waals surface area (Å²) in [4.78, 5) is 51.2. The van der Waals surface area contributed by atoms with Crippen LogP contribution in [-0.4, -0.2) is 61.2 Å². The number of nitrogens with zero attached hydrogens (tertiary/aromatic N) is 1. The van der Waals surface area contributed by atoms with Gasteiger partial charge in [-0.2, -0.15) is 0 Å². The summed E-state index contributed by atoms with van der Waals surface area (Å²) in [6, 6.07) is 14.3. The first kappa shape index (κ1) is 25.3. The molecule has 1 aliphatic rings. The molecule has 0 aliphatic carbocycles. The Kier molecular flexibility index (Phi) is 9.09. The number of rotatable bonds is 8. The van der Waals surface area contributed by atoms with Gasteiger partial charge in [0.2, 0.25) is 5.91 Å². The molecule has 0 bridgehead atoms. The highest BCUT2D eigenvalue weighted by Crippen LogP contribution is 2.24. The summed E-state index contributed by atoms with van der Waals surface area (Å²) in [6.45, 7) is 2.42. The number of nitrogens with one attached hydrogen (secondary N) is 1. The molecule has 1 fully saturated rings. The molecule has 3 rings (SSSR count). The van der Waals surface area contributed by atoms with Gasteiger partial charge in [-0.1, -0.05) is 29.8 Å². The van der Waals surface area contributed by atoms with Crippen LogP contribution in [0.3, 0.4) is 0 Å². The Bertz CT molecular complexity index is 1030. The monoisotopic (exact) mass is 484 g/mol. The molecule has 1 saturated heterocycles. The Morgan fingerprint density at radius 3 is 2.38 bits per heavy atom. The number of hydrogen-bond donors (Lipinski definition) is 1. The molecule has 2 amide bonds. The highest BCUT2D eigenvalue weighted by molar-refractivity contribution is 8.00. The maximum Gasteiger partial charge on any atom is 0.339 e. The van der Waals surface area contributed by atoms with Crippen LogP contribution in [0.15, 0.2) is 53.4 Å². The number of likely N-dealkylation sites (tertiary alicyclic amines) is 1. The molecule has 1 aliphatic heterocycles. The van der Waals surface area contributed by atoms with E-state index in [1.165, 1.54) is 18.9 Å². The molecule has 0 radical (unpaired) electrons. The number of anilines is 1. The van der Waals surface area contributed by atoms with Crippen LogP contribution < -0.4 is 5.32 Å². The minimum atomic E-state index is -0.625. The van der Waals surface area contributed by atoms with Crippen LogP contribution in [-0.2, 0) is 23.9 Å². The molecule has 34 heavy (non-hydrogen) atoms. The standard InChI is InChI=1S/C25H28N2O6S/c1-17-7-9-19(10-8-17)26-22(28)16-34-21-6-4-3-5-20(21)25(31)33-15-23(29)27-13-11-18(12-14-27)24(30)32-2/h3-10,18H,11-16H2,1-2H3,(H,26,28). The maximum atomic E-state index is 12.6. The van der Waals surface area contributed by atoms with Gasteiger partial charge in [0, 0.05) is 23.7 Å². The molecule has 0 aromatic heterocycles. The topological polar surface area (TPSA) is 102 Å². The van der Waals surface area contributed by atoms with Crippen LogP contribution >= 0.6 is 11.8 Å². The minimum Gasteiger partial charge on any atom is -0.469 e. The van der Waals surface area contributed by atoms with Crippen LogP contribution in [0, 0.1) is 12.8 Å². The van der Waals surface area contributed by atoms with Crippen LogP contribution in [0.25, 0.3) is 0 Å². The highest BCUT2D eigenvalue weighted by Gasteiger charge is 2.28. The predicted octanol–water partition coefficient (Wildman–Crippen LogP) is 3.29. The fraction of sp³-hybridized carbons (Fsp3) is 0.360. The van der Waals surface area contributed by atoms with Crippen LogP contribution in [0.4, 0.5) is 5.69 Å². The summed E-state index contributed by atoms with van der Waals surface area (Å²) >= 11 is 1.22. The van der Waals surface area contributed by atoms with E-state index in [0.717, 1.165) is 5.56 Å². The van der Waals surface area contributed by atoms with E-state index in [0.29, 0.717) is 42.1 Å². The fourth-order valence-electron chi connectivity index (χ4n) is 3.57. The number of methoxy groups -OCH3 is 1. The summed E-state index contributed by atoms with van der Waals surface area (Å²) in [7, 11) is 1.35. The van der Waals surface area contributed by atoms with Crippen molar-refractivity contribution in [3.05, 3.63) is 59.7 Å². The molecule has 1 N–H and O–H groups in total. The van der Waals surface area contributed by atoms with Gasteiger partial charge < -0.3 is 19.7 Å². The van der Waals surface area contributed by atoms with Gasteiger partial charge in [0.25, 0.3) is 5.91 Å². The number of carbonyl (C=O) groups is 4. The third-order valence-corrected chi connectivity index (χ3v) is 6.58. The van der Waals surface area contributed by atoms with Crippen LogP contribution in [0.2, 0.25) is 0 Å². The Morgan fingerprint density at radius 1 is 1.03 bits per heavy atom. The van der Waals surface area contributed by atoms with Gasteiger partial charge in [-0.15, -0.1) is 11.8 Å². The van der Waals surface area contributed by atoms with E-state index >= 15 is 0 Å². The first-order valence-corrected chi connectivity index (χ1v) is 12.0. The SMILES string of the molecule is COC(=O)C1CCN(C(=O)COC(=O)c2ccccc2SCC(=O)Nc2ccc(C)cc2)CC1. The lowest BCUT2D eigenvalue weighted by Crippen LogP contribution is -2.42. The second-order valence-corrected chi connectivity index (χ2v) is 8.97. The van der Waals surface area contributed by atoms with Crippen LogP contribution in [0.5, 0.6) is 0 Å². The normalized spacial score (nSPS) is 13.8. The maximum absolute atomic E-state index is 12.6. The molecular weight excluding hydrogens is 456 g/mol. The summed E-state index contributed by atoms with van der Waals surface area (Å²) in [5, 5.41) is 2.82. The van der Waals surface area contributed by atoms with Gasteiger partial charge in [-0.05, 0) is 44.0 Å². The molecule has 2 aromatic rings. The fourth-order valence-corrected chi connectivity index (χ4v) is 4.41. The molecule has 0 atom stereocenters. The Morgan fingerprint density at radius 2 is 1.71 bits per heavy atom. The number of ether oxygens (including phenoxy) is 2. The molecule has 0 saturated carbocycles. The highest BCUT2D eigenvalue weighted by atomic mass is 32.2. The van der Waals surface area contributed by atoms with Crippen molar-refractivity contribution in [3.63, 3.8) is 0 Å². The van der Waals surface area contributed by atoms with E-state index in [-0.39, 0.29) is 36.1 Å². The minimum absolute atomic E-state index is 0.117. The van der Waals surface area contributed by atoms with Crippen LogP contribution in [0.1, 0.15) is 28.8 Å². The zero-order valence-electron chi connectivity index (χ0n) is 19.2. The number of aryl methyl sites for hydroxylation is 1. The zero-order valence-corrected chi connectivity index (χ0v) is 20.1. The van der Waals surface area contributed by atoms with Gasteiger partial charge in [-0.25, -0.2) is 4.79 Å². The van der Waals surface area contributed by atoms with Gasteiger partial charge in [0.15, 0.2) is 6.61 Å². The van der Waals surface area contributed by atoms with Crippen molar-refractivity contribution in [1.82, 2.24) is 4.90 Å². The number of piperidine rings is 1. The molecule has 9 heteroatoms. The first-order chi connectivity index (χ1) is 16.4. The number of carbonyl (C=O) groups excluding carboxylic acids is 4. The largest absolute Gasteiger partial charge is 0.469 e. The van der Waals surface area contributed by atoms with E-state index in [1.54, 1.807) is 29.2 Å². The van der Waals surface area contributed by atoms with Gasteiger partial charge in [0.05, 0.1) is 24.3 Å². The predicted molar refractivity (Wildman–Crippen MR) is 129 cm³/mol. The molecule has 1 heterocycles. The number of amides is 2. The lowest BCUT2D eigenvalue weighted by molar-refractivity contribution is -0.149. The van der Waals surface area contributed by atoms with Gasteiger partial charge in [-0.3, -0.25) is 14.4 Å². The third-order valence-electron chi connectivity index (χ3n) is 5.51. The molecule has 8 nitrogen and oxygen atoms in total. The number of benzene rings is 2. The molecule has 180 valence electrons. The summed E-state index contributed by atoms with van der Waals surface area (Å²) in [5.41, 5.74) is 2.11. The lowest BCUT2D eigenvalue weighted by atomic mass is 9.97. The van der Waals surface area contributed by atoms with Crippen molar-refractivity contribution in [2.24, 2.45) is 5.92 Å². The average Bonchev–Trinajstić information content (AvgIpc) is 2.87. The zero-order chi connectivity index (χ0) is 24.5. The van der Waals surface area contributed by atoms with Crippen molar-refractivity contribution in [1.29, 1.82) is 0 Å². The van der Waals surface area contributed by atoms with Crippen molar-refractivity contribution < 1.29 is 28.7 Å². The van der Waals surface area contributed by atoms with E-state index < -0.39 is 5.97 Å². The molecule has 0 spiro atoms. The van der Waals surface area contributed by atoms with Crippen molar-refractivity contribution in [2.75, 3.05) is 37.9 Å². The summed E-state index contributed by atoms with van der Waals surface area (Å²) < 4.78 is 10.0. The molecular formula is C25H28N2O6S. The van der Waals surface area contributed by atoms with Crippen molar-refractivity contribution >= 4 is 41.2 Å². The quantitative estimate of drug-likeness (QED) is 0.453. The van der Waals surface area contributed by atoms with E-state index in [9.17, 15) is 19.2 Å². The molecule has 2 aromatic carbocycles. The smallest absolute Gasteiger partial charge is 0.339 e. The Balaban J connectivity index is 1.49. The van der Waals surface area contributed by atoms with Crippen molar-refractivity contribution in [2.45, 2.75) is 24.7 Å². The van der Waals surface area contributed by atoms with Gasteiger partial charge in [0.1, 0.15) is 0 Å². The van der Waals surface area contributed by atoms with E-state index in [1.807, 2.05) is 31.2 Å². The number of hydrogen-bond acceptors (Lipinski definition) is 7. The average molecular weight is 485 g/mol. The molecule has 0 unspecified atom stereocenters. The Hall–Kier alpha value is -3.33. The number of esters is 2. The first-order valence-electron chi connectivity index (χ1n) is 11.0. The summed E-state index contributed by atoms with van der Waals surface area (Å²) in [5.74, 6) is -1.47. The van der Waals surface area contributed by atoms with E-state index in [2.05, 4.69) is 5.32 Å². The number of thioether (sulfide) groups is 1. The Labute approximate surface area is 203 Å². The second kappa shape index (κ2) is 12.2. The van der Waals surface area contributed by atoms with E-state index in [4.69, 9.17) is 9.47 Å². The van der Waals surface area contributed by atoms with Crippen molar-refractivity contribution in [3.8, 4) is 0 Å².